The Morgan fingerprint density at radius 3 is 2.50 bits per heavy atom. The summed E-state index contributed by atoms with van der Waals surface area (Å²) in [6, 6.07) is 5.22. The summed E-state index contributed by atoms with van der Waals surface area (Å²) in [6.07, 6.45) is 13.3. The molecule has 1 heterocycles. The van der Waals surface area contributed by atoms with E-state index in [-0.39, 0.29) is 30.5 Å². The van der Waals surface area contributed by atoms with E-state index in [2.05, 4.69) is 6.08 Å². The van der Waals surface area contributed by atoms with E-state index in [1.165, 1.54) is 24.8 Å². The first-order valence-corrected chi connectivity index (χ1v) is 13.1. The largest absolute Gasteiger partial charge is 0.493 e. The molecule has 1 aliphatic heterocycles. The van der Waals surface area contributed by atoms with Gasteiger partial charge in [-0.3, -0.25) is 9.59 Å². The molecule has 186 valence electrons. The van der Waals surface area contributed by atoms with Gasteiger partial charge in [0.05, 0.1) is 13.2 Å². The average molecular weight is 469 g/mol. The summed E-state index contributed by atoms with van der Waals surface area (Å²) < 4.78 is 11.5. The van der Waals surface area contributed by atoms with Crippen LogP contribution in [0, 0.1) is 0 Å². The van der Waals surface area contributed by atoms with Crippen LogP contribution in [0.5, 0.6) is 11.5 Å². The lowest BCUT2D eigenvalue weighted by Crippen LogP contribution is -2.58. The zero-order valence-corrected chi connectivity index (χ0v) is 21.1. The van der Waals surface area contributed by atoms with Gasteiger partial charge in [0.15, 0.2) is 11.5 Å². The molecule has 2 aliphatic carbocycles. The number of methoxy groups -OCH3 is 1. The van der Waals surface area contributed by atoms with Gasteiger partial charge in [0.2, 0.25) is 5.91 Å². The summed E-state index contributed by atoms with van der Waals surface area (Å²) >= 11 is 0. The van der Waals surface area contributed by atoms with Crippen LogP contribution in [0.2, 0.25) is 0 Å². The molecule has 6 nitrogen and oxygen atoms in total. The molecule has 0 spiro atoms. The van der Waals surface area contributed by atoms with Gasteiger partial charge < -0.3 is 19.3 Å². The average Bonchev–Trinajstić information content (AvgIpc) is 2.85. The zero-order chi connectivity index (χ0) is 24.1. The number of ether oxygens (including phenoxy) is 2. The fourth-order valence-electron chi connectivity index (χ4n) is 5.63. The number of allylic oxidation sites excluding steroid dienone is 1. The molecule has 0 N–H and O–H groups in total. The lowest BCUT2D eigenvalue weighted by molar-refractivity contribution is -0.159. The summed E-state index contributed by atoms with van der Waals surface area (Å²) in [5.41, 5.74) is 2.21. The number of amides is 2. The topological polar surface area (TPSA) is 59.1 Å². The van der Waals surface area contributed by atoms with Gasteiger partial charge >= 0.3 is 0 Å². The van der Waals surface area contributed by atoms with E-state index in [1.54, 1.807) is 7.11 Å². The van der Waals surface area contributed by atoms with Crippen molar-refractivity contribution >= 4 is 11.8 Å². The van der Waals surface area contributed by atoms with Crippen molar-refractivity contribution in [1.29, 1.82) is 0 Å². The summed E-state index contributed by atoms with van der Waals surface area (Å²) in [6.45, 7) is 4.72. The Bertz CT molecular complexity index is 904. The van der Waals surface area contributed by atoms with Gasteiger partial charge in [-0.15, -0.1) is 0 Å². The maximum Gasteiger partial charge on any atom is 0.250 e. The summed E-state index contributed by atoms with van der Waals surface area (Å²) in [5.74, 6) is 1.34. The molecule has 1 atom stereocenters. The third-order valence-corrected chi connectivity index (χ3v) is 7.40. The van der Waals surface area contributed by atoms with E-state index < -0.39 is 6.04 Å². The fourth-order valence-corrected chi connectivity index (χ4v) is 5.63. The fraction of sp³-hybridized carbons (Fsp3) is 0.643. The van der Waals surface area contributed by atoms with E-state index in [9.17, 15) is 9.59 Å². The third kappa shape index (κ3) is 5.59. The number of carbonyl (C=O) groups is 2. The highest BCUT2D eigenvalue weighted by atomic mass is 16.5. The number of rotatable bonds is 8. The number of nitrogens with zero attached hydrogens (tertiary/aromatic N) is 2. The lowest BCUT2D eigenvalue weighted by Gasteiger charge is -2.44. The maximum atomic E-state index is 13.9. The van der Waals surface area contributed by atoms with E-state index in [4.69, 9.17) is 9.47 Å². The Balaban J connectivity index is 1.64. The number of piperazine rings is 1. The summed E-state index contributed by atoms with van der Waals surface area (Å²) in [4.78, 5) is 31.1. The molecule has 6 heteroatoms. The van der Waals surface area contributed by atoms with Gasteiger partial charge in [-0.2, -0.15) is 0 Å². The number of benzene rings is 1. The van der Waals surface area contributed by atoms with Gasteiger partial charge in [-0.25, -0.2) is 0 Å². The molecule has 1 saturated carbocycles. The van der Waals surface area contributed by atoms with Crippen molar-refractivity contribution in [3.63, 3.8) is 0 Å². The second-order valence-electron chi connectivity index (χ2n) is 10.2. The third-order valence-electron chi connectivity index (χ3n) is 7.40. The predicted octanol–water partition coefficient (Wildman–Crippen LogP) is 5.42. The van der Waals surface area contributed by atoms with Gasteiger partial charge in [0.1, 0.15) is 12.6 Å². The highest BCUT2D eigenvalue weighted by Gasteiger charge is 2.43. The van der Waals surface area contributed by atoms with Crippen LogP contribution in [0.15, 0.2) is 29.8 Å². The standard InChI is InChI=1S/C28H40N2O4/c1-20(2)34-24-15-14-22(18-25(24)33-3)27-28(32)30(23-12-8-5-9-13-23)19-26(31)29(27)17-16-21-10-6-4-7-11-21/h10,14-15,18,20,23,27H,4-9,11-13,16-17,19H2,1-3H3/t27-/m1/s1. The predicted molar refractivity (Wildman–Crippen MR) is 133 cm³/mol. The lowest BCUT2D eigenvalue weighted by atomic mass is 9.91. The molecular formula is C28H40N2O4. The Labute approximate surface area is 204 Å². The molecule has 1 aromatic rings. The molecule has 1 saturated heterocycles. The van der Waals surface area contributed by atoms with Crippen LogP contribution in [0.4, 0.5) is 0 Å². The second kappa shape index (κ2) is 11.3. The first-order valence-electron chi connectivity index (χ1n) is 13.1. The molecule has 0 unspecified atom stereocenters. The monoisotopic (exact) mass is 468 g/mol. The molecular weight excluding hydrogens is 428 g/mol. The Morgan fingerprint density at radius 1 is 1.03 bits per heavy atom. The van der Waals surface area contributed by atoms with Gasteiger partial charge in [0, 0.05) is 12.6 Å². The molecule has 0 bridgehead atoms. The van der Waals surface area contributed by atoms with Crippen LogP contribution in [-0.4, -0.2) is 54.0 Å². The van der Waals surface area contributed by atoms with Crippen molar-refractivity contribution < 1.29 is 19.1 Å². The van der Waals surface area contributed by atoms with Crippen LogP contribution in [0.1, 0.15) is 89.7 Å². The van der Waals surface area contributed by atoms with Crippen LogP contribution in [-0.2, 0) is 9.59 Å². The van der Waals surface area contributed by atoms with E-state index >= 15 is 0 Å². The Kier molecular flexibility index (Phi) is 8.17. The first kappa shape index (κ1) is 24.6. The summed E-state index contributed by atoms with van der Waals surface area (Å²) in [7, 11) is 1.61. The Morgan fingerprint density at radius 2 is 1.82 bits per heavy atom. The van der Waals surface area contributed by atoms with Crippen LogP contribution in [0.3, 0.4) is 0 Å². The van der Waals surface area contributed by atoms with Crippen molar-refractivity contribution in [2.24, 2.45) is 0 Å². The minimum atomic E-state index is -0.616. The molecule has 4 rings (SSSR count). The van der Waals surface area contributed by atoms with E-state index in [0.29, 0.717) is 18.0 Å². The van der Waals surface area contributed by atoms with Gasteiger partial charge in [0.25, 0.3) is 5.91 Å². The molecule has 2 amide bonds. The number of carbonyl (C=O) groups excluding carboxylic acids is 2. The van der Waals surface area contributed by atoms with Gasteiger partial charge in [-0.05, 0) is 76.5 Å². The molecule has 2 fully saturated rings. The van der Waals surface area contributed by atoms with Crippen LogP contribution >= 0.6 is 0 Å². The first-order chi connectivity index (χ1) is 16.5. The highest BCUT2D eigenvalue weighted by molar-refractivity contribution is 5.96. The molecule has 34 heavy (non-hydrogen) atoms. The minimum Gasteiger partial charge on any atom is -0.493 e. The SMILES string of the molecule is COc1cc([C@@H]2C(=O)N(C3CCCCC3)CC(=O)N2CCC2=CCCCC2)ccc1OC(C)C. The molecule has 0 aromatic heterocycles. The van der Waals surface area contributed by atoms with Crippen molar-refractivity contribution in [3.05, 3.63) is 35.4 Å². The van der Waals surface area contributed by atoms with Crippen LogP contribution in [0.25, 0.3) is 0 Å². The van der Waals surface area contributed by atoms with Gasteiger partial charge in [-0.1, -0.05) is 37.0 Å². The quantitative estimate of drug-likeness (QED) is 0.478. The number of hydrogen-bond donors (Lipinski definition) is 0. The maximum absolute atomic E-state index is 13.9. The van der Waals surface area contributed by atoms with Crippen molar-refractivity contribution in [2.45, 2.75) is 96.2 Å². The second-order valence-corrected chi connectivity index (χ2v) is 10.2. The zero-order valence-electron chi connectivity index (χ0n) is 21.1. The van der Waals surface area contributed by atoms with Crippen LogP contribution < -0.4 is 9.47 Å². The van der Waals surface area contributed by atoms with Crippen molar-refractivity contribution in [3.8, 4) is 11.5 Å². The number of hydrogen-bond acceptors (Lipinski definition) is 4. The normalized spacial score (nSPS) is 22.2. The minimum absolute atomic E-state index is 0.0136. The van der Waals surface area contributed by atoms with E-state index in [1.807, 2.05) is 41.8 Å². The summed E-state index contributed by atoms with van der Waals surface area (Å²) in [5, 5.41) is 0. The van der Waals surface area contributed by atoms with Crippen molar-refractivity contribution in [2.75, 3.05) is 20.2 Å². The van der Waals surface area contributed by atoms with E-state index in [0.717, 1.165) is 50.5 Å². The highest BCUT2D eigenvalue weighted by Crippen LogP contribution is 2.37. The molecule has 1 aromatic carbocycles. The Hall–Kier alpha value is -2.50. The molecule has 0 radical (unpaired) electrons. The van der Waals surface area contributed by atoms with Crippen molar-refractivity contribution in [1.82, 2.24) is 9.80 Å². The smallest absolute Gasteiger partial charge is 0.250 e. The molecule has 3 aliphatic rings.